The average Bonchev–Trinajstić information content (AvgIpc) is 3.17. The van der Waals surface area contributed by atoms with Crippen LogP contribution in [0, 0.1) is 11.3 Å². The lowest BCUT2D eigenvalue weighted by molar-refractivity contribution is 0.0517. The minimum absolute atomic E-state index is 0.291. The molecule has 0 atom stereocenters. The summed E-state index contributed by atoms with van der Waals surface area (Å²) in [5, 5.41) is 9.93. The van der Waals surface area contributed by atoms with Gasteiger partial charge in [-0.05, 0) is 61.0 Å². The van der Waals surface area contributed by atoms with Gasteiger partial charge in [0, 0.05) is 11.1 Å². The van der Waals surface area contributed by atoms with Crippen molar-refractivity contribution in [3.63, 3.8) is 0 Å². The van der Waals surface area contributed by atoms with Crippen LogP contribution in [-0.4, -0.2) is 17.1 Å². The minimum atomic E-state index is -0.398. The van der Waals surface area contributed by atoms with Crippen molar-refractivity contribution in [1.29, 1.82) is 5.26 Å². The highest BCUT2D eigenvalue weighted by Gasteiger charge is 2.18. The molecule has 0 fully saturated rings. The Labute approximate surface area is 174 Å². The number of benzene rings is 3. The molecule has 4 rings (SSSR count). The van der Waals surface area contributed by atoms with Gasteiger partial charge in [-0.2, -0.15) is 5.26 Å². The summed E-state index contributed by atoms with van der Waals surface area (Å²) in [4.78, 5) is 12.6. The number of rotatable bonds is 6. The van der Waals surface area contributed by atoms with Crippen molar-refractivity contribution in [2.24, 2.45) is 0 Å². The van der Waals surface area contributed by atoms with E-state index < -0.39 is 5.97 Å². The maximum Gasteiger partial charge on any atom is 0.355 e. The Bertz CT molecular complexity index is 1220. The van der Waals surface area contributed by atoms with Gasteiger partial charge in [0.05, 0.1) is 23.8 Å². The van der Waals surface area contributed by atoms with Gasteiger partial charge in [0.1, 0.15) is 18.1 Å². The third-order valence-electron chi connectivity index (χ3n) is 4.76. The van der Waals surface area contributed by atoms with E-state index in [-0.39, 0.29) is 0 Å². The van der Waals surface area contributed by atoms with Crippen LogP contribution in [0.3, 0.4) is 0 Å². The van der Waals surface area contributed by atoms with E-state index in [1.807, 2.05) is 65.2 Å². The van der Waals surface area contributed by atoms with E-state index >= 15 is 0 Å². The lowest BCUT2D eigenvalue weighted by Crippen LogP contribution is -2.10. The Kier molecular flexibility index (Phi) is 5.49. The Morgan fingerprint density at radius 3 is 2.47 bits per heavy atom. The normalized spacial score (nSPS) is 10.5. The molecular formula is C25H20N2O3. The fraction of sp³-hybridized carbons (Fsp3) is 0.120. The number of fused-ring (bicyclic) bond motifs is 1. The smallest absolute Gasteiger partial charge is 0.355 e. The molecular weight excluding hydrogens is 376 g/mol. The highest BCUT2D eigenvalue weighted by atomic mass is 16.5. The first-order valence-electron chi connectivity index (χ1n) is 9.69. The van der Waals surface area contributed by atoms with Crippen LogP contribution in [-0.2, 0) is 11.3 Å². The summed E-state index contributed by atoms with van der Waals surface area (Å²) < 4.78 is 13.0. The van der Waals surface area contributed by atoms with Crippen LogP contribution < -0.4 is 4.74 Å². The molecule has 30 heavy (non-hydrogen) atoms. The molecule has 0 saturated carbocycles. The van der Waals surface area contributed by atoms with Gasteiger partial charge in [-0.15, -0.1) is 0 Å². The molecule has 4 aromatic rings. The van der Waals surface area contributed by atoms with E-state index in [1.54, 1.807) is 25.1 Å². The lowest BCUT2D eigenvalue weighted by atomic mass is 10.2. The summed E-state index contributed by atoms with van der Waals surface area (Å²) in [6.45, 7) is 2.54. The van der Waals surface area contributed by atoms with Crippen LogP contribution in [0.5, 0.6) is 5.75 Å². The molecule has 1 aromatic heterocycles. The highest BCUT2D eigenvalue weighted by Crippen LogP contribution is 2.29. The molecule has 0 amide bonds. The number of esters is 1. The molecule has 5 nitrogen and oxygen atoms in total. The number of carbonyl (C=O) groups is 1. The van der Waals surface area contributed by atoms with Crippen LogP contribution in [0.2, 0.25) is 0 Å². The summed E-state index contributed by atoms with van der Waals surface area (Å²) in [5.74, 6) is 0.323. The number of nitriles is 1. The largest absolute Gasteiger partial charge is 0.489 e. The molecule has 148 valence electrons. The Hall–Kier alpha value is -4.04. The number of nitrogens with zero attached hydrogens (tertiary/aromatic N) is 2. The van der Waals surface area contributed by atoms with E-state index in [4.69, 9.17) is 14.7 Å². The van der Waals surface area contributed by atoms with Crippen molar-refractivity contribution in [3.8, 4) is 17.5 Å². The topological polar surface area (TPSA) is 64.2 Å². The summed E-state index contributed by atoms with van der Waals surface area (Å²) in [6.07, 6.45) is 0. The molecule has 0 aliphatic carbocycles. The highest BCUT2D eigenvalue weighted by molar-refractivity contribution is 5.97. The van der Waals surface area contributed by atoms with E-state index in [9.17, 15) is 4.79 Å². The van der Waals surface area contributed by atoms with Crippen LogP contribution in [0.15, 0.2) is 78.9 Å². The Morgan fingerprint density at radius 2 is 1.77 bits per heavy atom. The van der Waals surface area contributed by atoms with E-state index in [1.165, 1.54) is 0 Å². The number of aromatic nitrogens is 1. The predicted octanol–water partition coefficient (Wildman–Crippen LogP) is 5.26. The molecule has 5 heteroatoms. The first-order valence-corrected chi connectivity index (χ1v) is 9.69. The second kappa shape index (κ2) is 8.54. The summed E-state index contributed by atoms with van der Waals surface area (Å²) >= 11 is 0. The maximum atomic E-state index is 12.6. The van der Waals surface area contributed by atoms with Crippen LogP contribution in [0.25, 0.3) is 16.6 Å². The standard InChI is InChI=1S/C25H20N2O3/c1-2-29-25(28)24-15-20-14-22(30-17-19-6-4-3-5-7-19)12-13-23(20)27(24)21-10-8-18(16-26)9-11-21/h3-15H,2,17H2,1H3. The SMILES string of the molecule is CCOC(=O)c1cc2cc(OCc3ccccc3)ccc2n1-c1ccc(C#N)cc1. The summed E-state index contributed by atoms with van der Waals surface area (Å²) in [5.41, 5.74) is 3.71. The minimum Gasteiger partial charge on any atom is -0.489 e. The van der Waals surface area contributed by atoms with Gasteiger partial charge in [-0.1, -0.05) is 30.3 Å². The number of carbonyl (C=O) groups excluding carboxylic acids is 1. The van der Waals surface area contributed by atoms with Gasteiger partial charge in [-0.3, -0.25) is 0 Å². The zero-order chi connectivity index (χ0) is 20.9. The second-order valence-electron chi connectivity index (χ2n) is 6.74. The number of hydrogen-bond donors (Lipinski definition) is 0. The van der Waals surface area contributed by atoms with E-state index in [2.05, 4.69) is 6.07 Å². The molecule has 0 N–H and O–H groups in total. The van der Waals surface area contributed by atoms with Crippen molar-refractivity contribution in [2.75, 3.05) is 6.61 Å². The molecule has 0 radical (unpaired) electrons. The molecule has 0 bridgehead atoms. The van der Waals surface area contributed by atoms with Crippen molar-refractivity contribution >= 4 is 16.9 Å². The predicted molar refractivity (Wildman–Crippen MR) is 115 cm³/mol. The average molecular weight is 396 g/mol. The van der Waals surface area contributed by atoms with Crippen LogP contribution in [0.4, 0.5) is 0 Å². The van der Waals surface area contributed by atoms with Crippen molar-refractivity contribution in [3.05, 3.63) is 95.7 Å². The fourth-order valence-electron chi connectivity index (χ4n) is 3.34. The molecule has 0 spiro atoms. The summed E-state index contributed by atoms with van der Waals surface area (Å²) in [6, 6.07) is 26.7. The molecule has 0 unspecified atom stereocenters. The van der Waals surface area contributed by atoms with E-state index in [0.717, 1.165) is 27.9 Å². The second-order valence-corrected chi connectivity index (χ2v) is 6.74. The van der Waals surface area contributed by atoms with Crippen molar-refractivity contribution in [1.82, 2.24) is 4.57 Å². The zero-order valence-electron chi connectivity index (χ0n) is 16.5. The summed E-state index contributed by atoms with van der Waals surface area (Å²) in [7, 11) is 0. The van der Waals surface area contributed by atoms with Gasteiger partial charge in [0.2, 0.25) is 0 Å². The van der Waals surface area contributed by atoms with E-state index in [0.29, 0.717) is 24.5 Å². The first kappa shape index (κ1) is 19.3. The van der Waals surface area contributed by atoms with Crippen molar-refractivity contribution < 1.29 is 14.3 Å². The quantitative estimate of drug-likeness (QED) is 0.417. The fourth-order valence-corrected chi connectivity index (χ4v) is 3.34. The molecule has 0 saturated heterocycles. The third-order valence-corrected chi connectivity index (χ3v) is 4.76. The van der Waals surface area contributed by atoms with Gasteiger partial charge >= 0.3 is 5.97 Å². The Morgan fingerprint density at radius 1 is 1.00 bits per heavy atom. The van der Waals surface area contributed by atoms with Gasteiger partial charge in [-0.25, -0.2) is 4.79 Å². The van der Waals surface area contributed by atoms with Crippen LogP contribution in [0.1, 0.15) is 28.5 Å². The molecule has 0 aliphatic heterocycles. The van der Waals surface area contributed by atoms with Gasteiger partial charge < -0.3 is 14.0 Å². The zero-order valence-corrected chi connectivity index (χ0v) is 16.5. The number of hydrogen-bond acceptors (Lipinski definition) is 4. The van der Waals surface area contributed by atoms with Crippen molar-refractivity contribution in [2.45, 2.75) is 13.5 Å². The molecule has 1 heterocycles. The van der Waals surface area contributed by atoms with Crippen LogP contribution >= 0.6 is 0 Å². The maximum absolute atomic E-state index is 12.6. The van der Waals surface area contributed by atoms with Gasteiger partial charge in [0.25, 0.3) is 0 Å². The Balaban J connectivity index is 1.73. The number of ether oxygens (including phenoxy) is 2. The molecule has 0 aliphatic rings. The lowest BCUT2D eigenvalue weighted by Gasteiger charge is -2.11. The molecule has 3 aromatic carbocycles. The first-order chi connectivity index (χ1) is 14.7. The van der Waals surface area contributed by atoms with Gasteiger partial charge in [0.15, 0.2) is 0 Å². The monoisotopic (exact) mass is 396 g/mol. The third kappa shape index (κ3) is 3.89.